The maximum Gasteiger partial charge on any atom is 0.267 e. The van der Waals surface area contributed by atoms with Crippen molar-refractivity contribution in [3.8, 4) is 11.1 Å². The molecule has 0 fully saturated rings. The standard InChI is InChI=1S/C16H15N3O/c1-11-4-6-12(7-5-11)13-9-15-14(16(20)18-17)3-2-8-19(15)10-13/h2-10H,17H2,1H3,(H,18,20). The number of fused-ring (bicyclic) bond motifs is 1. The van der Waals surface area contributed by atoms with Crippen LogP contribution in [0.1, 0.15) is 15.9 Å². The monoisotopic (exact) mass is 265 g/mol. The van der Waals surface area contributed by atoms with Crippen LogP contribution in [-0.4, -0.2) is 10.3 Å². The van der Waals surface area contributed by atoms with Gasteiger partial charge in [-0.15, -0.1) is 0 Å². The molecule has 0 saturated heterocycles. The molecule has 4 nitrogen and oxygen atoms in total. The van der Waals surface area contributed by atoms with Gasteiger partial charge in [-0.3, -0.25) is 10.2 Å². The van der Waals surface area contributed by atoms with E-state index in [1.807, 2.05) is 28.9 Å². The second-order valence-corrected chi connectivity index (χ2v) is 4.78. The van der Waals surface area contributed by atoms with Crippen molar-refractivity contribution in [2.24, 2.45) is 5.84 Å². The Labute approximate surface area is 116 Å². The lowest BCUT2D eigenvalue weighted by atomic mass is 10.1. The molecule has 20 heavy (non-hydrogen) atoms. The van der Waals surface area contributed by atoms with Gasteiger partial charge in [0.1, 0.15) is 0 Å². The molecule has 0 atom stereocenters. The largest absolute Gasteiger partial charge is 0.322 e. The molecule has 2 aromatic heterocycles. The molecule has 0 aliphatic heterocycles. The Bertz CT molecular complexity index is 772. The van der Waals surface area contributed by atoms with Crippen molar-refractivity contribution in [2.45, 2.75) is 6.92 Å². The first-order valence-electron chi connectivity index (χ1n) is 6.38. The van der Waals surface area contributed by atoms with E-state index in [2.05, 4.69) is 36.6 Å². The number of carbonyl (C=O) groups excluding carboxylic acids is 1. The van der Waals surface area contributed by atoms with Crippen LogP contribution >= 0.6 is 0 Å². The summed E-state index contributed by atoms with van der Waals surface area (Å²) in [7, 11) is 0. The molecular weight excluding hydrogens is 250 g/mol. The van der Waals surface area contributed by atoms with Gasteiger partial charge in [0.05, 0.1) is 11.1 Å². The third-order valence-electron chi connectivity index (χ3n) is 3.39. The number of nitrogens with two attached hydrogens (primary N) is 1. The maximum absolute atomic E-state index is 11.8. The van der Waals surface area contributed by atoms with Crippen LogP contribution in [0.5, 0.6) is 0 Å². The van der Waals surface area contributed by atoms with Gasteiger partial charge < -0.3 is 4.40 Å². The summed E-state index contributed by atoms with van der Waals surface area (Å²) in [5.74, 6) is 4.93. The van der Waals surface area contributed by atoms with E-state index in [1.54, 1.807) is 6.07 Å². The minimum Gasteiger partial charge on any atom is -0.322 e. The number of hydrogen-bond acceptors (Lipinski definition) is 2. The number of hydrogen-bond donors (Lipinski definition) is 2. The molecule has 3 rings (SSSR count). The van der Waals surface area contributed by atoms with Crippen LogP contribution in [0.3, 0.4) is 0 Å². The number of amides is 1. The molecule has 0 saturated carbocycles. The van der Waals surface area contributed by atoms with Crippen LogP contribution in [0.15, 0.2) is 54.9 Å². The second kappa shape index (κ2) is 4.83. The predicted molar refractivity (Wildman–Crippen MR) is 79.2 cm³/mol. The van der Waals surface area contributed by atoms with Crippen molar-refractivity contribution in [3.05, 3.63) is 66.0 Å². The van der Waals surface area contributed by atoms with Crippen LogP contribution in [0.2, 0.25) is 0 Å². The Morgan fingerprint density at radius 2 is 1.90 bits per heavy atom. The molecule has 0 aliphatic carbocycles. The molecule has 3 N–H and O–H groups in total. The van der Waals surface area contributed by atoms with Crippen molar-refractivity contribution in [1.82, 2.24) is 9.83 Å². The van der Waals surface area contributed by atoms with Gasteiger partial charge >= 0.3 is 0 Å². The predicted octanol–water partition coefficient (Wildman–Crippen LogP) is 2.52. The third kappa shape index (κ3) is 2.06. The highest BCUT2D eigenvalue weighted by molar-refractivity contribution is 6.01. The highest BCUT2D eigenvalue weighted by Gasteiger charge is 2.11. The molecule has 3 aromatic rings. The number of nitrogen functional groups attached to an aromatic ring is 1. The summed E-state index contributed by atoms with van der Waals surface area (Å²) in [6.45, 7) is 2.06. The number of nitrogens with one attached hydrogen (secondary N) is 1. The first-order valence-corrected chi connectivity index (χ1v) is 6.38. The van der Waals surface area contributed by atoms with Crippen molar-refractivity contribution in [1.29, 1.82) is 0 Å². The molecule has 0 unspecified atom stereocenters. The van der Waals surface area contributed by atoms with Gasteiger partial charge in [0.15, 0.2) is 0 Å². The van der Waals surface area contributed by atoms with Crippen molar-refractivity contribution in [3.63, 3.8) is 0 Å². The van der Waals surface area contributed by atoms with Crippen molar-refractivity contribution >= 4 is 11.4 Å². The Morgan fingerprint density at radius 3 is 2.60 bits per heavy atom. The Morgan fingerprint density at radius 1 is 1.15 bits per heavy atom. The third-order valence-corrected chi connectivity index (χ3v) is 3.39. The maximum atomic E-state index is 11.8. The number of hydrazine groups is 1. The van der Waals surface area contributed by atoms with E-state index in [4.69, 9.17) is 5.84 Å². The molecule has 2 heterocycles. The fourth-order valence-electron chi connectivity index (χ4n) is 2.31. The number of carbonyl (C=O) groups is 1. The van der Waals surface area contributed by atoms with Crippen LogP contribution in [-0.2, 0) is 0 Å². The normalized spacial score (nSPS) is 10.7. The van der Waals surface area contributed by atoms with Gasteiger partial charge in [-0.2, -0.15) is 0 Å². The van der Waals surface area contributed by atoms with E-state index in [1.165, 1.54) is 5.56 Å². The van der Waals surface area contributed by atoms with Gasteiger partial charge in [0, 0.05) is 18.0 Å². The quantitative estimate of drug-likeness (QED) is 0.425. The van der Waals surface area contributed by atoms with Gasteiger partial charge in [0.2, 0.25) is 0 Å². The molecule has 0 bridgehead atoms. The highest BCUT2D eigenvalue weighted by Crippen LogP contribution is 2.24. The van der Waals surface area contributed by atoms with Crippen LogP contribution in [0, 0.1) is 6.92 Å². The van der Waals surface area contributed by atoms with E-state index >= 15 is 0 Å². The second-order valence-electron chi connectivity index (χ2n) is 4.78. The smallest absolute Gasteiger partial charge is 0.267 e. The summed E-state index contributed by atoms with van der Waals surface area (Å²) in [5.41, 5.74) is 7.00. The van der Waals surface area contributed by atoms with Gasteiger partial charge in [-0.25, -0.2) is 5.84 Å². The first-order chi connectivity index (χ1) is 9.69. The molecular formula is C16H15N3O. The molecule has 4 heteroatoms. The molecule has 100 valence electrons. The zero-order valence-corrected chi connectivity index (χ0v) is 11.1. The average Bonchev–Trinajstić information content (AvgIpc) is 2.91. The minimum atomic E-state index is -0.288. The van der Waals surface area contributed by atoms with Gasteiger partial charge in [0.25, 0.3) is 5.91 Å². The lowest BCUT2D eigenvalue weighted by Crippen LogP contribution is -2.30. The lowest BCUT2D eigenvalue weighted by molar-refractivity contribution is 0.0955. The fourth-order valence-corrected chi connectivity index (χ4v) is 2.31. The van der Waals surface area contributed by atoms with Crippen LogP contribution in [0.25, 0.3) is 16.6 Å². The van der Waals surface area contributed by atoms with Gasteiger partial charge in [-0.05, 0) is 30.7 Å². The summed E-state index contributed by atoms with van der Waals surface area (Å²) in [4.78, 5) is 11.8. The van der Waals surface area contributed by atoms with E-state index < -0.39 is 0 Å². The topological polar surface area (TPSA) is 59.5 Å². The molecule has 1 aromatic carbocycles. The van der Waals surface area contributed by atoms with E-state index in [-0.39, 0.29) is 5.91 Å². The highest BCUT2D eigenvalue weighted by atomic mass is 16.2. The molecule has 0 aliphatic rings. The molecule has 0 spiro atoms. The zero-order valence-electron chi connectivity index (χ0n) is 11.1. The molecule has 0 radical (unpaired) electrons. The van der Waals surface area contributed by atoms with Crippen LogP contribution in [0.4, 0.5) is 0 Å². The van der Waals surface area contributed by atoms with Crippen molar-refractivity contribution < 1.29 is 4.79 Å². The fraction of sp³-hybridized carbons (Fsp3) is 0.0625. The zero-order chi connectivity index (χ0) is 14.1. The van der Waals surface area contributed by atoms with Crippen molar-refractivity contribution in [2.75, 3.05) is 0 Å². The van der Waals surface area contributed by atoms with E-state index in [9.17, 15) is 4.79 Å². The van der Waals surface area contributed by atoms with E-state index in [0.29, 0.717) is 5.56 Å². The van der Waals surface area contributed by atoms with Crippen LogP contribution < -0.4 is 11.3 Å². The Hall–Kier alpha value is -2.59. The summed E-state index contributed by atoms with van der Waals surface area (Å²) in [5, 5.41) is 0. The number of aromatic nitrogens is 1. The summed E-state index contributed by atoms with van der Waals surface area (Å²) >= 11 is 0. The molecule has 1 amide bonds. The average molecular weight is 265 g/mol. The summed E-state index contributed by atoms with van der Waals surface area (Å²) in [6, 6.07) is 13.9. The number of nitrogens with zero attached hydrogens (tertiary/aromatic N) is 1. The van der Waals surface area contributed by atoms with E-state index in [0.717, 1.165) is 16.6 Å². The Kier molecular flexibility index (Phi) is 3.00. The number of rotatable bonds is 2. The first kappa shape index (κ1) is 12.4. The minimum absolute atomic E-state index is 0.288. The number of pyridine rings is 1. The lowest BCUT2D eigenvalue weighted by Gasteiger charge is -2.01. The Balaban J connectivity index is 2.15. The summed E-state index contributed by atoms with van der Waals surface area (Å²) in [6.07, 6.45) is 3.92. The number of aryl methyl sites for hydroxylation is 1. The van der Waals surface area contributed by atoms with Gasteiger partial charge in [-0.1, -0.05) is 29.8 Å². The SMILES string of the molecule is Cc1ccc(-c2cc3c(C(=O)NN)cccn3c2)cc1. The summed E-state index contributed by atoms with van der Waals surface area (Å²) < 4.78 is 1.93. The number of benzene rings is 1.